The molecule has 0 atom stereocenters. The van der Waals surface area contributed by atoms with E-state index in [0.29, 0.717) is 22.2 Å². The van der Waals surface area contributed by atoms with Gasteiger partial charge in [-0.2, -0.15) is 4.98 Å². The van der Waals surface area contributed by atoms with Crippen molar-refractivity contribution >= 4 is 28.3 Å². The highest BCUT2D eigenvalue weighted by atomic mass is 35.5. The fraction of sp³-hybridized carbons (Fsp3) is 0.0952. The van der Waals surface area contributed by atoms with E-state index >= 15 is 0 Å². The minimum absolute atomic E-state index is 0.131. The zero-order valence-electron chi connectivity index (χ0n) is 14.7. The summed E-state index contributed by atoms with van der Waals surface area (Å²) in [5.74, 6) is 0.627. The van der Waals surface area contributed by atoms with Crippen molar-refractivity contribution in [3.8, 4) is 17.1 Å². The Balaban J connectivity index is 1.31. The first-order chi connectivity index (χ1) is 13.7. The molecular weight excluding hydrogens is 380 g/mol. The molecule has 140 valence electrons. The first kappa shape index (κ1) is 18.0. The standard InChI is InChI=1S/C21H15ClN2O4/c22-17-7-3-6-16(10-17)21-23-19(28-24-21)12-27-20(25)13-26-18-9-8-14-4-1-2-5-15(14)11-18/h1-11H,12-13H2. The SMILES string of the molecule is O=C(COc1ccc2ccccc2c1)OCc1nc(-c2cccc(Cl)c2)no1. The van der Waals surface area contributed by atoms with E-state index in [-0.39, 0.29) is 19.1 Å². The van der Waals surface area contributed by atoms with Crippen molar-refractivity contribution in [1.29, 1.82) is 0 Å². The second-order valence-corrected chi connectivity index (χ2v) is 6.42. The minimum Gasteiger partial charge on any atom is -0.482 e. The lowest BCUT2D eigenvalue weighted by Crippen LogP contribution is -2.14. The maximum Gasteiger partial charge on any atom is 0.344 e. The molecule has 0 amide bonds. The predicted octanol–water partition coefficient (Wildman–Crippen LogP) is 4.67. The summed E-state index contributed by atoms with van der Waals surface area (Å²) in [5.41, 5.74) is 0.716. The fourth-order valence-electron chi connectivity index (χ4n) is 2.64. The average molecular weight is 395 g/mol. The van der Waals surface area contributed by atoms with Crippen molar-refractivity contribution in [3.63, 3.8) is 0 Å². The van der Waals surface area contributed by atoms with Crippen LogP contribution < -0.4 is 4.74 Å². The highest BCUT2D eigenvalue weighted by Crippen LogP contribution is 2.21. The Morgan fingerprint density at radius 1 is 1.00 bits per heavy atom. The number of carbonyl (C=O) groups excluding carboxylic acids is 1. The van der Waals surface area contributed by atoms with Crippen LogP contribution in [-0.2, 0) is 16.1 Å². The van der Waals surface area contributed by atoms with Crippen molar-refractivity contribution in [2.75, 3.05) is 6.61 Å². The van der Waals surface area contributed by atoms with Crippen LogP contribution in [0.15, 0.2) is 71.3 Å². The van der Waals surface area contributed by atoms with Crippen molar-refractivity contribution < 1.29 is 18.8 Å². The number of halogens is 1. The lowest BCUT2D eigenvalue weighted by molar-refractivity contribution is -0.148. The number of nitrogens with zero attached hydrogens (tertiary/aromatic N) is 2. The monoisotopic (exact) mass is 394 g/mol. The van der Waals surface area contributed by atoms with Gasteiger partial charge in [-0.25, -0.2) is 4.79 Å². The van der Waals surface area contributed by atoms with Gasteiger partial charge in [0.05, 0.1) is 0 Å². The highest BCUT2D eigenvalue weighted by molar-refractivity contribution is 6.30. The summed E-state index contributed by atoms with van der Waals surface area (Å²) < 4.78 is 15.7. The Kier molecular flexibility index (Phi) is 5.21. The van der Waals surface area contributed by atoms with Gasteiger partial charge in [0, 0.05) is 10.6 Å². The number of rotatable bonds is 6. The van der Waals surface area contributed by atoms with Gasteiger partial charge >= 0.3 is 5.97 Å². The molecule has 1 heterocycles. The van der Waals surface area contributed by atoms with E-state index in [4.69, 9.17) is 25.6 Å². The summed E-state index contributed by atoms with van der Waals surface area (Å²) in [7, 11) is 0. The maximum atomic E-state index is 11.9. The summed E-state index contributed by atoms with van der Waals surface area (Å²) in [6, 6.07) is 20.6. The average Bonchev–Trinajstić information content (AvgIpc) is 3.20. The molecule has 0 saturated carbocycles. The van der Waals surface area contributed by atoms with Gasteiger partial charge in [-0.1, -0.05) is 59.2 Å². The molecule has 4 rings (SSSR count). The normalized spacial score (nSPS) is 10.8. The number of ether oxygens (including phenoxy) is 2. The van der Waals surface area contributed by atoms with Crippen LogP contribution in [0.5, 0.6) is 5.75 Å². The molecule has 28 heavy (non-hydrogen) atoms. The number of hydrogen-bond acceptors (Lipinski definition) is 6. The molecule has 0 fully saturated rings. The van der Waals surface area contributed by atoms with E-state index in [9.17, 15) is 4.79 Å². The molecule has 0 unspecified atom stereocenters. The molecule has 4 aromatic rings. The third-order valence-electron chi connectivity index (χ3n) is 3.99. The number of benzene rings is 3. The third kappa shape index (κ3) is 4.29. The molecule has 0 bridgehead atoms. The van der Waals surface area contributed by atoms with Gasteiger partial charge in [0.1, 0.15) is 5.75 Å². The summed E-state index contributed by atoms with van der Waals surface area (Å²) in [6.07, 6.45) is 0. The quantitative estimate of drug-likeness (QED) is 0.442. The molecule has 0 aliphatic carbocycles. The van der Waals surface area contributed by atoms with Crippen LogP contribution in [0.25, 0.3) is 22.2 Å². The molecule has 0 spiro atoms. The van der Waals surface area contributed by atoms with E-state index in [1.54, 1.807) is 18.2 Å². The van der Waals surface area contributed by atoms with Crippen LogP contribution >= 0.6 is 11.6 Å². The van der Waals surface area contributed by atoms with Crippen LogP contribution in [0, 0.1) is 0 Å². The highest BCUT2D eigenvalue weighted by Gasteiger charge is 2.12. The molecule has 0 radical (unpaired) electrons. The summed E-state index contributed by atoms with van der Waals surface area (Å²) in [6.45, 7) is -0.346. The lowest BCUT2D eigenvalue weighted by atomic mass is 10.1. The van der Waals surface area contributed by atoms with E-state index in [0.717, 1.165) is 10.8 Å². The number of carbonyl (C=O) groups is 1. The second-order valence-electron chi connectivity index (χ2n) is 5.98. The van der Waals surface area contributed by atoms with Gasteiger partial charge < -0.3 is 14.0 Å². The number of hydrogen-bond donors (Lipinski definition) is 0. The van der Waals surface area contributed by atoms with Crippen LogP contribution in [-0.4, -0.2) is 22.7 Å². The van der Waals surface area contributed by atoms with Crippen molar-refractivity contribution in [2.24, 2.45) is 0 Å². The molecule has 0 aliphatic heterocycles. The molecule has 1 aromatic heterocycles. The summed E-state index contributed by atoms with van der Waals surface area (Å²) in [4.78, 5) is 16.1. The third-order valence-corrected chi connectivity index (χ3v) is 4.22. The zero-order valence-corrected chi connectivity index (χ0v) is 15.4. The van der Waals surface area contributed by atoms with Crippen molar-refractivity contribution in [3.05, 3.63) is 77.6 Å². The number of aromatic nitrogens is 2. The maximum absolute atomic E-state index is 11.9. The van der Waals surface area contributed by atoms with Crippen LogP contribution in [0.4, 0.5) is 0 Å². The topological polar surface area (TPSA) is 74.5 Å². The summed E-state index contributed by atoms with van der Waals surface area (Å²) in [5, 5.41) is 6.57. The van der Waals surface area contributed by atoms with Gasteiger partial charge in [-0.3, -0.25) is 0 Å². The first-order valence-corrected chi connectivity index (χ1v) is 8.91. The van der Waals surface area contributed by atoms with Crippen LogP contribution in [0.2, 0.25) is 5.02 Å². The molecular formula is C21H15ClN2O4. The van der Waals surface area contributed by atoms with Crippen LogP contribution in [0.1, 0.15) is 5.89 Å². The van der Waals surface area contributed by atoms with E-state index in [2.05, 4.69) is 10.1 Å². The molecule has 0 saturated heterocycles. The van der Waals surface area contributed by atoms with Crippen molar-refractivity contribution in [1.82, 2.24) is 10.1 Å². The molecule has 3 aromatic carbocycles. The Hall–Kier alpha value is -3.38. The first-order valence-electron chi connectivity index (χ1n) is 8.53. The van der Waals surface area contributed by atoms with Crippen LogP contribution in [0.3, 0.4) is 0 Å². The lowest BCUT2D eigenvalue weighted by Gasteiger charge is -2.07. The van der Waals surface area contributed by atoms with Crippen molar-refractivity contribution in [2.45, 2.75) is 6.61 Å². The molecule has 0 aliphatic rings. The number of esters is 1. The molecule has 0 N–H and O–H groups in total. The van der Waals surface area contributed by atoms with E-state index in [1.807, 2.05) is 48.5 Å². The van der Waals surface area contributed by atoms with Gasteiger partial charge in [-0.15, -0.1) is 0 Å². The smallest absolute Gasteiger partial charge is 0.344 e. The minimum atomic E-state index is -0.532. The predicted molar refractivity (Wildman–Crippen MR) is 104 cm³/mol. The fourth-order valence-corrected chi connectivity index (χ4v) is 2.83. The van der Waals surface area contributed by atoms with Gasteiger partial charge in [0.15, 0.2) is 13.2 Å². The second kappa shape index (κ2) is 8.10. The summed E-state index contributed by atoms with van der Waals surface area (Å²) >= 11 is 5.95. The number of fused-ring (bicyclic) bond motifs is 1. The Bertz CT molecular complexity index is 1130. The largest absolute Gasteiger partial charge is 0.482 e. The Labute approximate surface area is 165 Å². The van der Waals surface area contributed by atoms with Gasteiger partial charge in [-0.05, 0) is 35.0 Å². The molecule has 7 heteroatoms. The van der Waals surface area contributed by atoms with Gasteiger partial charge in [0.2, 0.25) is 5.82 Å². The van der Waals surface area contributed by atoms with E-state index < -0.39 is 5.97 Å². The molecule has 6 nitrogen and oxygen atoms in total. The van der Waals surface area contributed by atoms with Gasteiger partial charge in [0.25, 0.3) is 5.89 Å². The van der Waals surface area contributed by atoms with E-state index in [1.165, 1.54) is 0 Å². The Morgan fingerprint density at radius 3 is 2.71 bits per heavy atom. The zero-order chi connectivity index (χ0) is 19.3. The Morgan fingerprint density at radius 2 is 1.86 bits per heavy atom.